The predicted octanol–water partition coefficient (Wildman–Crippen LogP) is 4.31. The molecule has 3 aromatic rings. The molecule has 2 atom stereocenters. The lowest BCUT2D eigenvalue weighted by molar-refractivity contribution is -0.138. The van der Waals surface area contributed by atoms with E-state index in [1.807, 2.05) is 65.6 Å². The number of aliphatic carboxylic acids is 1. The zero-order chi connectivity index (χ0) is 21.8. The molecule has 1 heterocycles. The normalized spacial score (nSPS) is 16.8. The topological polar surface area (TPSA) is 97.5 Å². The fourth-order valence-electron chi connectivity index (χ4n) is 4.05. The summed E-state index contributed by atoms with van der Waals surface area (Å²) in [4.78, 5) is 13.9. The zero-order valence-electron chi connectivity index (χ0n) is 17.1. The Bertz CT molecular complexity index is 1110. The third-order valence-electron chi connectivity index (χ3n) is 5.78. The summed E-state index contributed by atoms with van der Waals surface area (Å²) >= 11 is 0. The van der Waals surface area contributed by atoms with Crippen LogP contribution < -0.4 is 4.74 Å². The van der Waals surface area contributed by atoms with Gasteiger partial charge in [-0.2, -0.15) is 0 Å². The average Bonchev–Trinajstić information content (AvgIpc) is 3.25. The summed E-state index contributed by atoms with van der Waals surface area (Å²) in [6, 6.07) is 19.1. The fourth-order valence-corrected chi connectivity index (χ4v) is 4.05. The molecule has 158 valence electrons. The number of likely N-dealkylation sites (tertiary alicyclic amines) is 1. The van der Waals surface area contributed by atoms with Crippen molar-refractivity contribution in [2.24, 2.45) is 0 Å². The largest absolute Gasteiger partial charge is 0.489 e. The number of carboxylic acid groups (broad SMARTS) is 1. The highest BCUT2D eigenvalue weighted by molar-refractivity contribution is 5.90. The maximum absolute atomic E-state index is 12.0. The smallest absolute Gasteiger partial charge is 0.311 e. The molecular formula is C25H25N3O3. The molecule has 6 nitrogen and oxygen atoms in total. The molecule has 0 amide bonds. The van der Waals surface area contributed by atoms with Gasteiger partial charge in [0.25, 0.3) is 0 Å². The van der Waals surface area contributed by atoms with E-state index in [2.05, 4.69) is 0 Å². The Hall–Kier alpha value is -3.67. The Labute approximate surface area is 181 Å². The highest BCUT2D eigenvalue weighted by Gasteiger charge is 2.23. The van der Waals surface area contributed by atoms with Gasteiger partial charge in [0.2, 0.25) is 0 Å². The van der Waals surface area contributed by atoms with Crippen LogP contribution in [0.5, 0.6) is 5.75 Å². The van der Waals surface area contributed by atoms with Gasteiger partial charge in [-0.25, -0.2) is 0 Å². The van der Waals surface area contributed by atoms with E-state index in [0.717, 1.165) is 46.2 Å². The van der Waals surface area contributed by atoms with Crippen molar-refractivity contribution >= 4 is 29.3 Å². The van der Waals surface area contributed by atoms with Crippen molar-refractivity contribution in [1.29, 1.82) is 10.8 Å². The molecule has 0 spiro atoms. The van der Waals surface area contributed by atoms with Crippen LogP contribution in [0, 0.1) is 10.8 Å². The van der Waals surface area contributed by atoms with E-state index in [1.165, 1.54) is 12.6 Å². The number of fused-ring (bicyclic) bond motifs is 1. The van der Waals surface area contributed by atoms with Crippen LogP contribution in [0.4, 0.5) is 0 Å². The van der Waals surface area contributed by atoms with Gasteiger partial charge in [0.1, 0.15) is 11.9 Å². The quantitative estimate of drug-likeness (QED) is 0.377. The summed E-state index contributed by atoms with van der Waals surface area (Å²) < 4.78 is 5.98. The third-order valence-corrected chi connectivity index (χ3v) is 5.78. The number of hydrogen-bond donors (Lipinski definition) is 3. The van der Waals surface area contributed by atoms with Gasteiger partial charge < -0.3 is 20.2 Å². The van der Waals surface area contributed by atoms with Gasteiger partial charge >= 0.3 is 5.97 Å². The minimum absolute atomic E-state index is 0.0474. The summed E-state index contributed by atoms with van der Waals surface area (Å²) in [6.45, 7) is 1.52. The van der Waals surface area contributed by atoms with E-state index < -0.39 is 11.9 Å². The molecule has 4 rings (SSSR count). The Morgan fingerprint density at radius 3 is 2.55 bits per heavy atom. The van der Waals surface area contributed by atoms with Gasteiger partial charge in [0, 0.05) is 19.2 Å². The van der Waals surface area contributed by atoms with Crippen molar-refractivity contribution in [1.82, 2.24) is 4.90 Å². The lowest BCUT2D eigenvalue weighted by atomic mass is 9.91. The number of nitrogens with one attached hydrogen (secondary N) is 2. The molecule has 0 bridgehead atoms. The first-order valence-electron chi connectivity index (χ1n) is 10.3. The van der Waals surface area contributed by atoms with E-state index in [4.69, 9.17) is 15.6 Å². The molecule has 1 aliphatic rings. The lowest BCUT2D eigenvalue weighted by Crippen LogP contribution is -2.23. The molecule has 0 saturated carbocycles. The Kier molecular flexibility index (Phi) is 5.98. The molecule has 31 heavy (non-hydrogen) atoms. The second-order valence-corrected chi connectivity index (χ2v) is 7.90. The maximum atomic E-state index is 12.0. The first-order chi connectivity index (χ1) is 15.1. The van der Waals surface area contributed by atoms with Gasteiger partial charge in [-0.1, -0.05) is 42.5 Å². The zero-order valence-corrected chi connectivity index (χ0v) is 17.1. The number of ether oxygens (including phenoxy) is 1. The summed E-state index contributed by atoms with van der Waals surface area (Å²) in [6.07, 6.45) is 3.95. The molecule has 2 unspecified atom stereocenters. The molecule has 1 saturated heterocycles. The van der Waals surface area contributed by atoms with Crippen LogP contribution in [0.3, 0.4) is 0 Å². The third kappa shape index (κ3) is 4.74. The number of carboxylic acids is 1. The molecule has 0 aromatic heterocycles. The van der Waals surface area contributed by atoms with Gasteiger partial charge in [-0.3, -0.25) is 10.2 Å². The second kappa shape index (κ2) is 9.00. The van der Waals surface area contributed by atoms with Gasteiger partial charge in [-0.15, -0.1) is 0 Å². The molecule has 3 aromatic carbocycles. The monoisotopic (exact) mass is 415 g/mol. The summed E-state index contributed by atoms with van der Waals surface area (Å²) in [5, 5.41) is 26.7. The number of rotatable bonds is 8. The van der Waals surface area contributed by atoms with Crippen molar-refractivity contribution in [3.63, 3.8) is 0 Å². The fraction of sp³-hybridized carbons (Fsp3) is 0.240. The number of benzene rings is 3. The molecule has 1 fully saturated rings. The van der Waals surface area contributed by atoms with Crippen molar-refractivity contribution in [2.75, 3.05) is 13.1 Å². The van der Waals surface area contributed by atoms with E-state index in [1.54, 1.807) is 0 Å². The average molecular weight is 415 g/mol. The van der Waals surface area contributed by atoms with Crippen LogP contribution in [0.2, 0.25) is 0 Å². The van der Waals surface area contributed by atoms with E-state index in [-0.39, 0.29) is 6.10 Å². The molecule has 3 N–H and O–H groups in total. The standard InChI is InChI=1S/C25H25N3O3/c26-14-18-2-4-19-3-1-17(11-21(19)12-18)13-24(25(29)30)20-5-7-22(8-6-20)31-23-9-10-28(15-23)16-27/h1-8,11-12,14,16,23-24,26-27H,9-10,13,15H2,(H,29,30). The van der Waals surface area contributed by atoms with E-state index in [9.17, 15) is 9.90 Å². The molecular weight excluding hydrogens is 390 g/mol. The second-order valence-electron chi connectivity index (χ2n) is 7.90. The highest BCUT2D eigenvalue weighted by Crippen LogP contribution is 2.27. The number of nitrogens with zero attached hydrogens (tertiary/aromatic N) is 1. The van der Waals surface area contributed by atoms with Crippen molar-refractivity contribution in [3.8, 4) is 5.75 Å². The molecule has 6 heteroatoms. The predicted molar refractivity (Wildman–Crippen MR) is 122 cm³/mol. The molecule has 0 radical (unpaired) electrons. The number of hydrogen-bond acceptors (Lipinski definition) is 4. The van der Waals surface area contributed by atoms with Gasteiger partial charge in [-0.05, 0) is 52.1 Å². The van der Waals surface area contributed by atoms with Crippen molar-refractivity contribution in [2.45, 2.75) is 24.9 Å². The highest BCUT2D eigenvalue weighted by atomic mass is 16.5. The maximum Gasteiger partial charge on any atom is 0.311 e. The van der Waals surface area contributed by atoms with Crippen LogP contribution in [-0.4, -0.2) is 47.7 Å². The summed E-state index contributed by atoms with van der Waals surface area (Å²) in [5.41, 5.74) is 2.50. The van der Waals surface area contributed by atoms with Crippen LogP contribution in [-0.2, 0) is 11.2 Å². The lowest BCUT2D eigenvalue weighted by Gasteiger charge is -2.16. The van der Waals surface area contributed by atoms with Crippen molar-refractivity contribution < 1.29 is 14.6 Å². The summed E-state index contributed by atoms with van der Waals surface area (Å²) in [7, 11) is 0. The first-order valence-corrected chi connectivity index (χ1v) is 10.3. The van der Waals surface area contributed by atoms with Gasteiger partial charge in [0.05, 0.1) is 18.8 Å². The van der Waals surface area contributed by atoms with Crippen LogP contribution in [0.1, 0.15) is 29.0 Å². The minimum atomic E-state index is -0.862. The first kappa shape index (κ1) is 20.6. The van der Waals surface area contributed by atoms with Crippen molar-refractivity contribution in [3.05, 3.63) is 77.4 Å². The Morgan fingerprint density at radius 2 is 1.87 bits per heavy atom. The van der Waals surface area contributed by atoms with E-state index in [0.29, 0.717) is 13.0 Å². The SMILES string of the molecule is N=Cc1ccc2ccc(CC(C(=O)O)c3ccc(OC4CCN(C=N)C4)cc3)cc2c1. The Morgan fingerprint density at radius 1 is 1.10 bits per heavy atom. The van der Waals surface area contributed by atoms with E-state index >= 15 is 0 Å². The molecule has 0 aliphatic carbocycles. The van der Waals surface area contributed by atoms with Crippen LogP contribution in [0.15, 0.2) is 60.7 Å². The molecule has 1 aliphatic heterocycles. The minimum Gasteiger partial charge on any atom is -0.489 e. The van der Waals surface area contributed by atoms with Gasteiger partial charge in [0.15, 0.2) is 0 Å². The van der Waals surface area contributed by atoms with Crippen LogP contribution >= 0.6 is 0 Å². The number of carbonyl (C=O) groups is 1. The Balaban J connectivity index is 1.49. The van der Waals surface area contributed by atoms with Crippen LogP contribution in [0.25, 0.3) is 10.8 Å². The summed E-state index contributed by atoms with van der Waals surface area (Å²) in [5.74, 6) is -0.800.